The second kappa shape index (κ2) is 5.52. The van der Waals surface area contributed by atoms with E-state index in [1.54, 1.807) is 6.20 Å². The maximum atomic E-state index is 13.3. The Balaban J connectivity index is 1.86. The number of pyridine rings is 1. The molecule has 2 aromatic rings. The molecule has 3 nitrogen and oxygen atoms in total. The van der Waals surface area contributed by atoms with E-state index in [0.717, 1.165) is 30.4 Å². The fraction of sp³-hybridized carbons (Fsp3) is 0.188. The van der Waals surface area contributed by atoms with Crippen LogP contribution in [0.15, 0.2) is 42.9 Å². The van der Waals surface area contributed by atoms with Gasteiger partial charge in [0.1, 0.15) is 0 Å². The van der Waals surface area contributed by atoms with Crippen LogP contribution >= 0.6 is 0 Å². The van der Waals surface area contributed by atoms with Crippen molar-refractivity contribution in [2.45, 2.75) is 13.5 Å². The Morgan fingerprint density at radius 1 is 1.24 bits per heavy atom. The van der Waals surface area contributed by atoms with Gasteiger partial charge in [-0.3, -0.25) is 4.98 Å². The summed E-state index contributed by atoms with van der Waals surface area (Å²) in [5, 5.41) is 3.11. The largest absolute Gasteiger partial charge is 0.373 e. The van der Waals surface area contributed by atoms with Gasteiger partial charge in [-0.2, -0.15) is 0 Å². The Kier molecular flexibility index (Phi) is 3.56. The fourth-order valence-electron chi connectivity index (χ4n) is 2.27. The van der Waals surface area contributed by atoms with Gasteiger partial charge in [0.05, 0.1) is 12.4 Å². The Bertz CT molecular complexity index is 698. The summed E-state index contributed by atoms with van der Waals surface area (Å²) in [5.74, 6) is -1.70. The van der Waals surface area contributed by atoms with Crippen molar-refractivity contribution in [2.75, 3.05) is 6.67 Å². The topological polar surface area (TPSA) is 28.2 Å². The van der Waals surface area contributed by atoms with Crippen LogP contribution < -0.4 is 5.32 Å². The molecule has 108 valence electrons. The van der Waals surface area contributed by atoms with Gasteiger partial charge >= 0.3 is 0 Å². The van der Waals surface area contributed by atoms with Crippen molar-refractivity contribution >= 4 is 0 Å². The van der Waals surface area contributed by atoms with Gasteiger partial charge in [0, 0.05) is 30.7 Å². The van der Waals surface area contributed by atoms with Crippen molar-refractivity contribution in [3.8, 4) is 11.3 Å². The van der Waals surface area contributed by atoms with E-state index < -0.39 is 11.6 Å². The van der Waals surface area contributed by atoms with Crippen molar-refractivity contribution in [2.24, 2.45) is 0 Å². The van der Waals surface area contributed by atoms with Crippen LogP contribution in [0, 0.1) is 18.6 Å². The smallest absolute Gasteiger partial charge is 0.159 e. The van der Waals surface area contributed by atoms with Crippen LogP contribution in [0.5, 0.6) is 0 Å². The molecule has 21 heavy (non-hydrogen) atoms. The summed E-state index contributed by atoms with van der Waals surface area (Å²) in [7, 11) is 0. The lowest BCUT2D eigenvalue weighted by Crippen LogP contribution is -2.20. The summed E-state index contributed by atoms with van der Waals surface area (Å²) >= 11 is 0. The van der Waals surface area contributed by atoms with Gasteiger partial charge in [-0.1, -0.05) is 0 Å². The minimum atomic E-state index is -0.857. The Morgan fingerprint density at radius 2 is 2.10 bits per heavy atom. The molecule has 0 unspecified atom stereocenters. The van der Waals surface area contributed by atoms with Crippen molar-refractivity contribution in [1.82, 2.24) is 15.2 Å². The van der Waals surface area contributed by atoms with Crippen molar-refractivity contribution in [3.63, 3.8) is 0 Å². The van der Waals surface area contributed by atoms with E-state index >= 15 is 0 Å². The highest BCUT2D eigenvalue weighted by Crippen LogP contribution is 2.22. The molecule has 0 bridgehead atoms. The third-order valence-corrected chi connectivity index (χ3v) is 3.51. The number of nitrogens with one attached hydrogen (secondary N) is 1. The predicted octanol–water partition coefficient (Wildman–Crippen LogP) is 3.17. The zero-order valence-corrected chi connectivity index (χ0v) is 11.6. The fourth-order valence-corrected chi connectivity index (χ4v) is 2.27. The number of hydrogen-bond acceptors (Lipinski definition) is 3. The number of hydrogen-bond donors (Lipinski definition) is 1. The first kappa shape index (κ1) is 13.5. The molecule has 1 aliphatic heterocycles. The van der Waals surface area contributed by atoms with Crippen molar-refractivity contribution < 1.29 is 8.78 Å². The molecule has 0 amide bonds. The Labute approximate surface area is 121 Å². The van der Waals surface area contributed by atoms with Crippen LogP contribution in [0.2, 0.25) is 0 Å². The highest BCUT2D eigenvalue weighted by molar-refractivity contribution is 5.60. The average Bonchev–Trinajstić information content (AvgIpc) is 2.97. The number of halogens is 2. The summed E-state index contributed by atoms with van der Waals surface area (Å²) < 4.78 is 26.3. The van der Waals surface area contributed by atoms with Gasteiger partial charge in [-0.25, -0.2) is 8.78 Å². The molecule has 3 rings (SSSR count). The molecular formula is C16H15F2N3. The van der Waals surface area contributed by atoms with E-state index in [-0.39, 0.29) is 0 Å². The third-order valence-electron chi connectivity index (χ3n) is 3.51. The SMILES string of the molecule is Cc1cc(-c2ccc(F)c(F)c2)ncc1CN1C=CNC1. The zero-order valence-electron chi connectivity index (χ0n) is 11.6. The summed E-state index contributed by atoms with van der Waals surface area (Å²) in [6, 6.07) is 5.72. The molecule has 1 N–H and O–H groups in total. The van der Waals surface area contributed by atoms with Crippen LogP contribution in [0.25, 0.3) is 11.3 Å². The normalized spacial score (nSPS) is 13.6. The van der Waals surface area contributed by atoms with E-state index in [9.17, 15) is 8.78 Å². The first-order chi connectivity index (χ1) is 10.1. The Morgan fingerprint density at radius 3 is 2.76 bits per heavy atom. The van der Waals surface area contributed by atoms with Crippen LogP contribution in [0.1, 0.15) is 11.1 Å². The summed E-state index contributed by atoms with van der Waals surface area (Å²) in [5.41, 5.74) is 3.40. The molecule has 1 aromatic heterocycles. The molecular weight excluding hydrogens is 272 g/mol. The first-order valence-electron chi connectivity index (χ1n) is 6.68. The van der Waals surface area contributed by atoms with Crippen molar-refractivity contribution in [3.05, 3.63) is 65.6 Å². The highest BCUT2D eigenvalue weighted by atomic mass is 19.2. The van der Waals surface area contributed by atoms with E-state index in [1.807, 2.05) is 25.4 Å². The van der Waals surface area contributed by atoms with Crippen LogP contribution in [-0.4, -0.2) is 16.6 Å². The average molecular weight is 287 g/mol. The summed E-state index contributed by atoms with van der Waals surface area (Å²) in [6.45, 7) is 3.54. The van der Waals surface area contributed by atoms with Gasteiger partial charge in [-0.05, 0) is 42.3 Å². The van der Waals surface area contributed by atoms with E-state index in [1.165, 1.54) is 12.1 Å². The van der Waals surface area contributed by atoms with Gasteiger partial charge in [-0.15, -0.1) is 0 Å². The monoisotopic (exact) mass is 287 g/mol. The summed E-state index contributed by atoms with van der Waals surface area (Å²) in [6.07, 6.45) is 5.68. The number of nitrogens with zero attached hydrogens (tertiary/aromatic N) is 2. The van der Waals surface area contributed by atoms with Gasteiger partial charge in [0.2, 0.25) is 0 Å². The molecule has 0 spiro atoms. The highest BCUT2D eigenvalue weighted by Gasteiger charge is 2.10. The van der Waals surface area contributed by atoms with Crippen LogP contribution in [0.4, 0.5) is 8.78 Å². The van der Waals surface area contributed by atoms with Gasteiger partial charge < -0.3 is 10.2 Å². The maximum Gasteiger partial charge on any atom is 0.159 e. The second-order valence-corrected chi connectivity index (χ2v) is 5.05. The molecule has 0 aliphatic carbocycles. The molecule has 1 aromatic carbocycles. The molecule has 0 radical (unpaired) electrons. The minimum Gasteiger partial charge on any atom is -0.373 e. The lowest BCUT2D eigenvalue weighted by atomic mass is 10.1. The van der Waals surface area contributed by atoms with Crippen LogP contribution in [-0.2, 0) is 6.54 Å². The molecule has 1 aliphatic rings. The number of aromatic nitrogens is 1. The number of aryl methyl sites for hydroxylation is 1. The first-order valence-corrected chi connectivity index (χ1v) is 6.68. The maximum absolute atomic E-state index is 13.3. The van der Waals surface area contributed by atoms with Gasteiger partial charge in [0.25, 0.3) is 0 Å². The van der Waals surface area contributed by atoms with Crippen LogP contribution in [0.3, 0.4) is 0 Å². The molecule has 5 heteroatoms. The van der Waals surface area contributed by atoms with E-state index in [2.05, 4.69) is 15.2 Å². The Hall–Kier alpha value is -2.43. The molecule has 2 heterocycles. The summed E-state index contributed by atoms with van der Waals surface area (Å²) in [4.78, 5) is 6.49. The quantitative estimate of drug-likeness (QED) is 0.940. The second-order valence-electron chi connectivity index (χ2n) is 5.05. The van der Waals surface area contributed by atoms with Gasteiger partial charge in [0.15, 0.2) is 11.6 Å². The zero-order chi connectivity index (χ0) is 14.8. The van der Waals surface area contributed by atoms with E-state index in [4.69, 9.17) is 0 Å². The third kappa shape index (κ3) is 2.86. The predicted molar refractivity (Wildman–Crippen MR) is 77.0 cm³/mol. The lowest BCUT2D eigenvalue weighted by Gasteiger charge is -2.16. The molecule has 0 atom stereocenters. The molecule has 0 fully saturated rings. The molecule has 0 saturated heterocycles. The molecule has 0 saturated carbocycles. The van der Waals surface area contributed by atoms with E-state index in [0.29, 0.717) is 11.3 Å². The standard InChI is InChI=1S/C16H15F2N3/c1-11-6-16(12-2-3-14(17)15(18)7-12)20-8-13(11)9-21-5-4-19-10-21/h2-8,19H,9-10H2,1H3. The number of benzene rings is 1. The van der Waals surface area contributed by atoms with Crippen molar-refractivity contribution in [1.29, 1.82) is 0 Å². The number of rotatable bonds is 3. The lowest BCUT2D eigenvalue weighted by molar-refractivity contribution is 0.383. The minimum absolute atomic E-state index is 0.575.